The Morgan fingerprint density at radius 2 is 1.97 bits per heavy atom. The van der Waals surface area contributed by atoms with E-state index in [-0.39, 0.29) is 36.3 Å². The standard InChI is InChI=1S/C26H25FN4O6/c1-4-10-31(13-16-12-18-21(11-14(16)2)28-15(3)29-25(18)35)23-17(6-5-7-19(23)27)24(34)30-20(26(36)37)8-9-22(32)33/h1,5-7,11-12,20H,8-10,13H2,2-3H3,(H,30,34)(H,32,33)(H,36,37)(H,28,29,35)/t20-/m0/s1. The van der Waals surface area contributed by atoms with Crippen LogP contribution in [0.2, 0.25) is 0 Å². The highest BCUT2D eigenvalue weighted by Gasteiger charge is 2.26. The van der Waals surface area contributed by atoms with Gasteiger partial charge in [0.2, 0.25) is 0 Å². The average Bonchev–Trinajstić information content (AvgIpc) is 2.81. The molecule has 0 unspecified atom stereocenters. The summed E-state index contributed by atoms with van der Waals surface area (Å²) in [4.78, 5) is 56.3. The summed E-state index contributed by atoms with van der Waals surface area (Å²) >= 11 is 0. The van der Waals surface area contributed by atoms with Crippen LogP contribution in [0.3, 0.4) is 0 Å². The number of amides is 1. The normalized spacial score (nSPS) is 11.5. The Morgan fingerprint density at radius 1 is 1.24 bits per heavy atom. The van der Waals surface area contributed by atoms with E-state index in [1.807, 2.05) is 0 Å². The van der Waals surface area contributed by atoms with Crippen molar-refractivity contribution in [2.45, 2.75) is 39.3 Å². The van der Waals surface area contributed by atoms with E-state index < -0.39 is 36.1 Å². The van der Waals surface area contributed by atoms with Crippen LogP contribution in [0.5, 0.6) is 0 Å². The number of carboxylic acids is 2. The van der Waals surface area contributed by atoms with Gasteiger partial charge in [-0.3, -0.25) is 14.4 Å². The molecule has 192 valence electrons. The van der Waals surface area contributed by atoms with E-state index in [9.17, 15) is 24.3 Å². The van der Waals surface area contributed by atoms with E-state index in [1.165, 1.54) is 17.0 Å². The lowest BCUT2D eigenvalue weighted by Gasteiger charge is -2.27. The summed E-state index contributed by atoms with van der Waals surface area (Å²) < 4.78 is 15.1. The molecule has 1 heterocycles. The monoisotopic (exact) mass is 508 g/mol. The first-order chi connectivity index (χ1) is 17.5. The van der Waals surface area contributed by atoms with Gasteiger partial charge in [0.1, 0.15) is 17.7 Å². The third kappa shape index (κ3) is 6.29. The number of para-hydroxylation sites is 1. The molecule has 0 spiro atoms. The number of H-pyrrole nitrogens is 1. The van der Waals surface area contributed by atoms with Gasteiger partial charge in [0.15, 0.2) is 0 Å². The van der Waals surface area contributed by atoms with Crippen molar-refractivity contribution in [3.63, 3.8) is 0 Å². The van der Waals surface area contributed by atoms with Crippen LogP contribution < -0.4 is 15.8 Å². The number of halogens is 1. The second-order valence-electron chi connectivity index (χ2n) is 8.44. The van der Waals surface area contributed by atoms with Crippen molar-refractivity contribution < 1.29 is 29.0 Å². The van der Waals surface area contributed by atoms with E-state index in [0.717, 1.165) is 11.6 Å². The fourth-order valence-corrected chi connectivity index (χ4v) is 3.93. The minimum absolute atomic E-state index is 0.0296. The Bertz CT molecular complexity index is 1480. The number of anilines is 1. The maximum absolute atomic E-state index is 15.1. The Hall–Kier alpha value is -4.72. The zero-order valence-electron chi connectivity index (χ0n) is 20.2. The maximum atomic E-state index is 15.1. The van der Waals surface area contributed by atoms with E-state index in [0.29, 0.717) is 22.3 Å². The molecule has 1 amide bonds. The van der Waals surface area contributed by atoms with Crippen molar-refractivity contribution >= 4 is 34.4 Å². The average molecular weight is 509 g/mol. The number of terminal acetylenes is 1. The maximum Gasteiger partial charge on any atom is 0.326 e. The number of aromatic amines is 1. The zero-order valence-corrected chi connectivity index (χ0v) is 20.2. The Balaban J connectivity index is 2.01. The number of benzene rings is 2. The number of rotatable bonds is 10. The fraction of sp³-hybridized carbons (Fsp3) is 0.269. The predicted octanol–water partition coefficient (Wildman–Crippen LogP) is 2.37. The highest BCUT2D eigenvalue weighted by atomic mass is 19.1. The minimum atomic E-state index is -1.49. The molecular weight excluding hydrogens is 483 g/mol. The van der Waals surface area contributed by atoms with Crippen LogP contribution >= 0.6 is 0 Å². The molecule has 0 saturated carbocycles. The number of aryl methyl sites for hydroxylation is 2. The van der Waals surface area contributed by atoms with Crippen molar-refractivity contribution in [2.75, 3.05) is 11.4 Å². The minimum Gasteiger partial charge on any atom is -0.481 e. The summed E-state index contributed by atoms with van der Waals surface area (Å²) in [5, 5.41) is 20.9. The van der Waals surface area contributed by atoms with Gasteiger partial charge in [0.05, 0.1) is 28.7 Å². The van der Waals surface area contributed by atoms with Crippen LogP contribution in [0.1, 0.15) is 40.2 Å². The first-order valence-electron chi connectivity index (χ1n) is 11.2. The van der Waals surface area contributed by atoms with Gasteiger partial charge < -0.3 is 25.4 Å². The number of fused-ring (bicyclic) bond motifs is 1. The topological polar surface area (TPSA) is 153 Å². The van der Waals surface area contributed by atoms with Gasteiger partial charge in [0.25, 0.3) is 11.5 Å². The molecule has 3 rings (SSSR count). The van der Waals surface area contributed by atoms with Gasteiger partial charge in [-0.05, 0) is 55.7 Å². The molecule has 1 atom stereocenters. The highest BCUT2D eigenvalue weighted by molar-refractivity contribution is 6.01. The van der Waals surface area contributed by atoms with Crippen molar-refractivity contribution in [3.8, 4) is 12.3 Å². The molecule has 0 fully saturated rings. The third-order valence-electron chi connectivity index (χ3n) is 5.72. The first kappa shape index (κ1) is 26.9. The number of carboxylic acid groups (broad SMARTS) is 2. The molecule has 0 bridgehead atoms. The number of nitrogens with one attached hydrogen (secondary N) is 2. The Morgan fingerprint density at radius 3 is 2.62 bits per heavy atom. The predicted molar refractivity (Wildman–Crippen MR) is 134 cm³/mol. The summed E-state index contributed by atoms with van der Waals surface area (Å²) in [6, 6.07) is 5.62. The number of hydrogen-bond donors (Lipinski definition) is 4. The van der Waals surface area contributed by atoms with Crippen LogP contribution in [0.25, 0.3) is 10.9 Å². The van der Waals surface area contributed by atoms with E-state index in [1.54, 1.807) is 26.0 Å². The second-order valence-corrected chi connectivity index (χ2v) is 8.44. The molecule has 4 N–H and O–H groups in total. The number of aliphatic carboxylic acids is 2. The molecule has 0 aliphatic heterocycles. The van der Waals surface area contributed by atoms with Crippen molar-refractivity contribution in [3.05, 3.63) is 69.0 Å². The largest absolute Gasteiger partial charge is 0.481 e. The van der Waals surface area contributed by atoms with Crippen LogP contribution in [-0.4, -0.2) is 50.6 Å². The lowest BCUT2D eigenvalue weighted by atomic mass is 10.0. The molecule has 11 heteroatoms. The molecule has 0 aliphatic carbocycles. The van der Waals surface area contributed by atoms with Crippen LogP contribution in [-0.2, 0) is 16.1 Å². The lowest BCUT2D eigenvalue weighted by Crippen LogP contribution is -2.41. The highest BCUT2D eigenvalue weighted by Crippen LogP contribution is 2.28. The SMILES string of the molecule is C#CCN(Cc1cc2c(=O)[nH]c(C)nc2cc1C)c1c(F)cccc1C(=O)N[C@@H](CCC(=O)O)C(=O)O. The van der Waals surface area contributed by atoms with Crippen LogP contribution in [0.15, 0.2) is 35.1 Å². The zero-order chi connectivity index (χ0) is 27.3. The van der Waals surface area contributed by atoms with Crippen LogP contribution in [0, 0.1) is 32.0 Å². The summed E-state index contributed by atoms with van der Waals surface area (Å²) in [6.07, 6.45) is 4.71. The Kier molecular flexibility index (Phi) is 8.24. The molecule has 3 aromatic rings. The molecule has 0 aliphatic rings. The van der Waals surface area contributed by atoms with E-state index in [2.05, 4.69) is 21.2 Å². The number of carbonyl (C=O) groups is 3. The van der Waals surface area contributed by atoms with Crippen LogP contribution in [0.4, 0.5) is 10.1 Å². The fourth-order valence-electron chi connectivity index (χ4n) is 3.93. The molecule has 0 radical (unpaired) electrons. The van der Waals surface area contributed by atoms with Gasteiger partial charge in [-0.1, -0.05) is 12.0 Å². The summed E-state index contributed by atoms with van der Waals surface area (Å²) in [6.45, 7) is 3.39. The van der Waals surface area contributed by atoms with E-state index >= 15 is 4.39 Å². The van der Waals surface area contributed by atoms with Gasteiger partial charge in [-0.25, -0.2) is 14.2 Å². The number of aromatic nitrogens is 2. The quantitative estimate of drug-likeness (QED) is 0.305. The lowest BCUT2D eigenvalue weighted by molar-refractivity contribution is -0.140. The van der Waals surface area contributed by atoms with E-state index in [4.69, 9.17) is 11.5 Å². The number of nitrogens with zero attached hydrogens (tertiary/aromatic N) is 2. The molecule has 10 nitrogen and oxygen atoms in total. The van der Waals surface area contributed by atoms with Gasteiger partial charge in [-0.15, -0.1) is 6.42 Å². The van der Waals surface area contributed by atoms with Gasteiger partial charge in [-0.2, -0.15) is 0 Å². The summed E-state index contributed by atoms with van der Waals surface area (Å²) in [7, 11) is 0. The van der Waals surface area contributed by atoms with Gasteiger partial charge >= 0.3 is 11.9 Å². The smallest absolute Gasteiger partial charge is 0.326 e. The van der Waals surface area contributed by atoms with Crippen molar-refractivity contribution in [1.29, 1.82) is 0 Å². The molecule has 37 heavy (non-hydrogen) atoms. The first-order valence-corrected chi connectivity index (χ1v) is 11.2. The number of carbonyl (C=O) groups excluding carboxylic acids is 1. The van der Waals surface area contributed by atoms with Gasteiger partial charge in [0, 0.05) is 13.0 Å². The Labute approximate surface area is 211 Å². The molecule has 2 aromatic carbocycles. The molecular formula is C26H25FN4O6. The second kappa shape index (κ2) is 11.3. The summed E-state index contributed by atoms with van der Waals surface area (Å²) in [5.41, 5.74) is 1.23. The third-order valence-corrected chi connectivity index (χ3v) is 5.72. The van der Waals surface area contributed by atoms with Crippen molar-refractivity contribution in [2.24, 2.45) is 0 Å². The summed E-state index contributed by atoms with van der Waals surface area (Å²) in [5.74, 6) is -1.42. The number of hydrogen-bond acceptors (Lipinski definition) is 6. The molecule has 0 saturated heterocycles. The van der Waals surface area contributed by atoms with Crippen molar-refractivity contribution in [1.82, 2.24) is 15.3 Å². The molecule has 1 aromatic heterocycles.